The average molecular weight is 554 g/mol. The number of aliphatic hydroxyl groups excluding tert-OH is 1. The van der Waals surface area contributed by atoms with Crippen molar-refractivity contribution in [2.24, 2.45) is 5.41 Å². The summed E-state index contributed by atoms with van der Waals surface area (Å²) in [5.41, 5.74) is 2.79. The number of nitrogens with zero attached hydrogens (tertiary/aromatic N) is 1. The number of hydrogen-bond donors (Lipinski definition) is 1. The summed E-state index contributed by atoms with van der Waals surface area (Å²) in [4.78, 5) is 15.8. The predicted molar refractivity (Wildman–Crippen MR) is 148 cm³/mol. The van der Waals surface area contributed by atoms with Gasteiger partial charge in [0, 0.05) is 23.8 Å². The van der Waals surface area contributed by atoms with Crippen LogP contribution in [0.15, 0.2) is 48.7 Å². The van der Waals surface area contributed by atoms with E-state index < -0.39 is 11.6 Å². The van der Waals surface area contributed by atoms with Crippen LogP contribution in [0.2, 0.25) is 0 Å². The molecule has 214 valence electrons. The molecule has 1 aliphatic carbocycles. The Kier molecular flexibility index (Phi) is 9.40. The van der Waals surface area contributed by atoms with Crippen LogP contribution >= 0.6 is 0 Å². The fourth-order valence-electron chi connectivity index (χ4n) is 5.76. The van der Waals surface area contributed by atoms with Crippen LogP contribution in [-0.4, -0.2) is 36.9 Å². The molecule has 2 aromatic carbocycles. The molecule has 40 heavy (non-hydrogen) atoms. The van der Waals surface area contributed by atoms with E-state index in [1.165, 1.54) is 26.4 Å². The second-order valence-corrected chi connectivity index (χ2v) is 11.0. The van der Waals surface area contributed by atoms with Crippen LogP contribution in [0.5, 0.6) is 11.6 Å². The summed E-state index contributed by atoms with van der Waals surface area (Å²) in [5, 5.41) is 9.48. The molecule has 0 radical (unpaired) electrons. The zero-order valence-corrected chi connectivity index (χ0v) is 23.5. The van der Waals surface area contributed by atoms with Gasteiger partial charge in [-0.3, -0.25) is 4.79 Å². The molecule has 6 nitrogen and oxygen atoms in total. The minimum Gasteiger partial charge on any atom is -0.489 e. The van der Waals surface area contributed by atoms with E-state index in [9.17, 15) is 9.90 Å². The van der Waals surface area contributed by atoms with Gasteiger partial charge in [-0.25, -0.2) is 13.8 Å². The van der Waals surface area contributed by atoms with Gasteiger partial charge in [0.15, 0.2) is 0 Å². The van der Waals surface area contributed by atoms with Crippen LogP contribution in [0.3, 0.4) is 0 Å². The molecule has 1 aliphatic rings. The third-order valence-electron chi connectivity index (χ3n) is 8.02. The first kappa shape index (κ1) is 29.5. The molecule has 0 saturated heterocycles. The van der Waals surface area contributed by atoms with Crippen molar-refractivity contribution in [2.45, 2.75) is 64.4 Å². The standard InChI is InChI=1S/C32H37F2NO5/c1-32(2)11-6-9-27(32)25-14-22(28(33)16-24(25)26-17-30(38-3)35-18-29(26)34)19-40-23-8-5-7-20(13-23)21(10-12-36)15-31(37)39-4/h5,7-8,13-14,16-18,21,27,36H,6,9-12,15,19H2,1-4H3/t21-,27?/m0/s1. The number of esters is 1. The van der Waals surface area contributed by atoms with E-state index in [2.05, 4.69) is 18.8 Å². The first-order valence-corrected chi connectivity index (χ1v) is 13.6. The number of benzene rings is 2. The van der Waals surface area contributed by atoms with Gasteiger partial charge in [-0.15, -0.1) is 0 Å². The van der Waals surface area contributed by atoms with Crippen LogP contribution in [0, 0.1) is 17.0 Å². The van der Waals surface area contributed by atoms with E-state index in [1.54, 1.807) is 18.2 Å². The number of aromatic nitrogens is 1. The van der Waals surface area contributed by atoms with Gasteiger partial charge >= 0.3 is 5.97 Å². The third-order valence-corrected chi connectivity index (χ3v) is 8.02. The van der Waals surface area contributed by atoms with Gasteiger partial charge in [0.2, 0.25) is 5.88 Å². The van der Waals surface area contributed by atoms with E-state index in [-0.39, 0.29) is 54.3 Å². The number of pyridine rings is 1. The fraction of sp³-hybridized carbons (Fsp3) is 0.438. The van der Waals surface area contributed by atoms with E-state index in [0.29, 0.717) is 23.3 Å². The molecule has 1 saturated carbocycles. The van der Waals surface area contributed by atoms with Crippen molar-refractivity contribution in [3.63, 3.8) is 0 Å². The molecule has 8 heteroatoms. The summed E-state index contributed by atoms with van der Waals surface area (Å²) in [6.45, 7) is 4.29. The van der Waals surface area contributed by atoms with E-state index in [1.807, 2.05) is 12.1 Å². The van der Waals surface area contributed by atoms with Crippen molar-refractivity contribution in [1.29, 1.82) is 0 Å². The molecule has 0 amide bonds. The second-order valence-electron chi connectivity index (χ2n) is 11.0. The Morgan fingerprint density at radius 2 is 1.93 bits per heavy atom. The number of hydrogen-bond acceptors (Lipinski definition) is 6. The summed E-state index contributed by atoms with van der Waals surface area (Å²) in [6.07, 6.45) is 4.61. The summed E-state index contributed by atoms with van der Waals surface area (Å²) in [7, 11) is 2.79. The van der Waals surface area contributed by atoms with Gasteiger partial charge in [-0.2, -0.15) is 0 Å². The van der Waals surface area contributed by atoms with Crippen molar-refractivity contribution in [3.8, 4) is 22.8 Å². The van der Waals surface area contributed by atoms with Gasteiger partial charge in [0.05, 0.1) is 26.8 Å². The maximum atomic E-state index is 15.6. The molecule has 1 heterocycles. The van der Waals surface area contributed by atoms with Gasteiger partial charge in [0.25, 0.3) is 0 Å². The number of halogens is 2. The highest BCUT2D eigenvalue weighted by atomic mass is 19.1. The maximum Gasteiger partial charge on any atom is 0.306 e. The van der Waals surface area contributed by atoms with E-state index >= 15 is 8.78 Å². The van der Waals surface area contributed by atoms with Crippen molar-refractivity contribution in [3.05, 3.63) is 77.0 Å². The number of aliphatic hydroxyl groups is 1. The van der Waals surface area contributed by atoms with Gasteiger partial charge in [-0.1, -0.05) is 32.4 Å². The number of ether oxygens (including phenoxy) is 3. The Labute approximate surface area is 234 Å². The molecule has 1 aromatic heterocycles. The van der Waals surface area contributed by atoms with Crippen molar-refractivity contribution in [2.75, 3.05) is 20.8 Å². The zero-order chi connectivity index (χ0) is 28.9. The quantitative estimate of drug-likeness (QED) is 0.259. The minimum atomic E-state index is -0.539. The first-order valence-electron chi connectivity index (χ1n) is 13.6. The van der Waals surface area contributed by atoms with Crippen LogP contribution < -0.4 is 9.47 Å². The van der Waals surface area contributed by atoms with Crippen molar-refractivity contribution >= 4 is 5.97 Å². The Balaban J connectivity index is 1.67. The zero-order valence-electron chi connectivity index (χ0n) is 23.5. The lowest BCUT2D eigenvalue weighted by molar-refractivity contribution is -0.141. The van der Waals surface area contributed by atoms with Crippen LogP contribution in [0.25, 0.3) is 11.1 Å². The highest BCUT2D eigenvalue weighted by molar-refractivity contribution is 5.71. The summed E-state index contributed by atoms with van der Waals surface area (Å²) < 4.78 is 46.6. The average Bonchev–Trinajstić information content (AvgIpc) is 3.30. The minimum absolute atomic E-state index is 0.0282. The Bertz CT molecular complexity index is 1340. The number of carbonyl (C=O) groups excluding carboxylic acids is 1. The van der Waals surface area contributed by atoms with Crippen LogP contribution in [-0.2, 0) is 16.1 Å². The van der Waals surface area contributed by atoms with Crippen LogP contribution in [0.4, 0.5) is 8.78 Å². The lowest BCUT2D eigenvalue weighted by Crippen LogP contribution is -2.17. The molecule has 0 aliphatic heterocycles. The Hall–Kier alpha value is -3.52. The van der Waals surface area contributed by atoms with Crippen molar-refractivity contribution in [1.82, 2.24) is 4.98 Å². The predicted octanol–water partition coefficient (Wildman–Crippen LogP) is 6.94. The van der Waals surface area contributed by atoms with Gasteiger partial charge in [0.1, 0.15) is 24.0 Å². The molecule has 0 spiro atoms. The highest BCUT2D eigenvalue weighted by Gasteiger charge is 2.37. The Morgan fingerprint density at radius 1 is 1.12 bits per heavy atom. The third kappa shape index (κ3) is 6.61. The number of methoxy groups -OCH3 is 2. The SMILES string of the molecule is COC(=O)C[C@H](CCO)c1cccc(OCc2cc(C3CCCC3(C)C)c(-c3cc(OC)ncc3F)cc2F)c1. The number of rotatable bonds is 11. The monoisotopic (exact) mass is 553 g/mol. The van der Waals surface area contributed by atoms with Crippen LogP contribution in [0.1, 0.15) is 74.5 Å². The summed E-state index contributed by atoms with van der Waals surface area (Å²) in [5.74, 6) is -0.750. The van der Waals surface area contributed by atoms with Crippen molar-refractivity contribution < 1.29 is 32.9 Å². The summed E-state index contributed by atoms with van der Waals surface area (Å²) in [6, 6.07) is 11.9. The molecule has 4 rings (SSSR count). The first-order chi connectivity index (χ1) is 19.2. The van der Waals surface area contributed by atoms with Gasteiger partial charge < -0.3 is 19.3 Å². The topological polar surface area (TPSA) is 77.9 Å². The molecule has 1 N–H and O–H groups in total. The molecule has 2 atom stereocenters. The second kappa shape index (κ2) is 12.8. The molecular formula is C32H37F2NO5. The van der Waals surface area contributed by atoms with E-state index in [0.717, 1.165) is 36.6 Å². The van der Waals surface area contributed by atoms with Gasteiger partial charge in [-0.05, 0) is 77.5 Å². The highest BCUT2D eigenvalue weighted by Crippen LogP contribution is 2.51. The molecule has 1 fully saturated rings. The lowest BCUT2D eigenvalue weighted by atomic mass is 9.75. The fourth-order valence-corrected chi connectivity index (χ4v) is 5.76. The number of carbonyl (C=O) groups is 1. The molecule has 3 aromatic rings. The molecule has 0 bridgehead atoms. The molecular weight excluding hydrogens is 516 g/mol. The molecule has 1 unspecified atom stereocenters. The summed E-state index contributed by atoms with van der Waals surface area (Å²) >= 11 is 0. The maximum absolute atomic E-state index is 15.6. The lowest BCUT2D eigenvalue weighted by Gasteiger charge is -2.30. The largest absolute Gasteiger partial charge is 0.489 e. The Morgan fingerprint density at radius 3 is 2.60 bits per heavy atom. The normalized spacial score (nSPS) is 16.9. The smallest absolute Gasteiger partial charge is 0.306 e. The van der Waals surface area contributed by atoms with E-state index in [4.69, 9.17) is 14.2 Å².